The van der Waals surface area contributed by atoms with Crippen molar-refractivity contribution in [3.8, 4) is 0 Å². The molecule has 2 rings (SSSR count). The van der Waals surface area contributed by atoms with E-state index in [1.54, 1.807) is 6.92 Å². The summed E-state index contributed by atoms with van der Waals surface area (Å²) in [7, 11) is 0. The third-order valence-corrected chi connectivity index (χ3v) is 3.98. The maximum atomic E-state index is 11.5. The van der Waals surface area contributed by atoms with Crippen molar-refractivity contribution in [1.82, 2.24) is 0 Å². The number of hydrogen-bond acceptors (Lipinski definition) is 3. The van der Waals surface area contributed by atoms with Crippen LogP contribution in [0.4, 0.5) is 0 Å². The standard InChI is InChI=1S/C12H17NO4/c1-11(9(14)15)4-8(13)5-12(6-11,10(16)17)7-2-3-7/h4,7H,2-3,5-6,13H2,1H3,(H,14,15)(H,16,17). The molecule has 0 aromatic rings. The molecule has 0 spiro atoms. The third-order valence-electron chi connectivity index (χ3n) is 3.98. The first-order valence-electron chi connectivity index (χ1n) is 5.74. The Labute approximate surface area is 99.3 Å². The number of carbonyl (C=O) groups is 2. The summed E-state index contributed by atoms with van der Waals surface area (Å²) in [5.41, 5.74) is 4.00. The van der Waals surface area contributed by atoms with E-state index in [1.807, 2.05) is 0 Å². The lowest BCUT2D eigenvalue weighted by Gasteiger charge is -2.40. The number of allylic oxidation sites excluding steroid dienone is 1. The van der Waals surface area contributed by atoms with Crippen LogP contribution in [0.2, 0.25) is 0 Å². The van der Waals surface area contributed by atoms with Gasteiger partial charge in [0.05, 0.1) is 10.8 Å². The molecule has 1 saturated carbocycles. The van der Waals surface area contributed by atoms with Gasteiger partial charge in [-0.25, -0.2) is 0 Å². The number of carboxylic acid groups (broad SMARTS) is 2. The van der Waals surface area contributed by atoms with Gasteiger partial charge in [-0.15, -0.1) is 0 Å². The summed E-state index contributed by atoms with van der Waals surface area (Å²) in [4.78, 5) is 22.8. The minimum Gasteiger partial charge on any atom is -0.481 e. The highest BCUT2D eigenvalue weighted by molar-refractivity contribution is 5.82. The van der Waals surface area contributed by atoms with Crippen LogP contribution in [0.25, 0.3) is 0 Å². The molecule has 0 saturated heterocycles. The van der Waals surface area contributed by atoms with Gasteiger partial charge in [0.1, 0.15) is 0 Å². The SMILES string of the molecule is CC1(C(=O)O)C=C(N)CC(C(=O)O)(C2CC2)C1. The van der Waals surface area contributed by atoms with Gasteiger partial charge in [0.2, 0.25) is 0 Å². The van der Waals surface area contributed by atoms with Gasteiger partial charge in [0.25, 0.3) is 0 Å². The first kappa shape index (κ1) is 12.0. The minimum atomic E-state index is -1.16. The van der Waals surface area contributed by atoms with E-state index in [4.69, 9.17) is 5.73 Å². The first-order valence-corrected chi connectivity index (χ1v) is 5.74. The molecule has 0 bridgehead atoms. The van der Waals surface area contributed by atoms with Crippen molar-refractivity contribution in [3.05, 3.63) is 11.8 Å². The van der Waals surface area contributed by atoms with Gasteiger partial charge in [-0.1, -0.05) is 0 Å². The molecule has 0 amide bonds. The lowest BCUT2D eigenvalue weighted by Crippen LogP contribution is -2.45. The predicted molar refractivity (Wildman–Crippen MR) is 60.0 cm³/mol. The second-order valence-electron chi connectivity index (χ2n) is 5.53. The summed E-state index contributed by atoms with van der Waals surface area (Å²) in [6.07, 6.45) is 3.62. The number of carboxylic acids is 2. The molecule has 94 valence electrons. The van der Waals surface area contributed by atoms with E-state index in [1.165, 1.54) is 6.08 Å². The Morgan fingerprint density at radius 1 is 1.35 bits per heavy atom. The van der Waals surface area contributed by atoms with Crippen molar-refractivity contribution in [2.45, 2.75) is 32.6 Å². The normalized spacial score (nSPS) is 37.4. The molecular formula is C12H17NO4. The highest BCUT2D eigenvalue weighted by atomic mass is 16.4. The monoisotopic (exact) mass is 239 g/mol. The molecule has 0 aromatic carbocycles. The zero-order valence-corrected chi connectivity index (χ0v) is 9.77. The van der Waals surface area contributed by atoms with Gasteiger partial charge >= 0.3 is 11.9 Å². The number of rotatable bonds is 3. The zero-order valence-electron chi connectivity index (χ0n) is 9.77. The molecule has 0 aliphatic heterocycles. The van der Waals surface area contributed by atoms with Gasteiger partial charge < -0.3 is 15.9 Å². The van der Waals surface area contributed by atoms with Crippen molar-refractivity contribution >= 4 is 11.9 Å². The van der Waals surface area contributed by atoms with Crippen molar-refractivity contribution in [1.29, 1.82) is 0 Å². The van der Waals surface area contributed by atoms with Gasteiger partial charge in [-0.05, 0) is 38.2 Å². The summed E-state index contributed by atoms with van der Waals surface area (Å²) in [5, 5.41) is 18.7. The zero-order chi connectivity index (χ0) is 12.8. The minimum absolute atomic E-state index is 0.0749. The Morgan fingerprint density at radius 2 is 1.94 bits per heavy atom. The van der Waals surface area contributed by atoms with Crippen molar-refractivity contribution in [2.24, 2.45) is 22.5 Å². The average Bonchev–Trinajstić information content (AvgIpc) is 2.98. The molecule has 2 atom stereocenters. The topological polar surface area (TPSA) is 101 Å². The van der Waals surface area contributed by atoms with Gasteiger partial charge in [0.15, 0.2) is 0 Å². The molecule has 5 heteroatoms. The number of aliphatic carboxylic acids is 2. The molecule has 5 nitrogen and oxygen atoms in total. The summed E-state index contributed by atoms with van der Waals surface area (Å²) < 4.78 is 0. The fourth-order valence-electron chi connectivity index (χ4n) is 2.98. The Kier molecular flexibility index (Phi) is 2.45. The maximum Gasteiger partial charge on any atom is 0.313 e. The summed E-state index contributed by atoms with van der Waals surface area (Å²) in [5.74, 6) is -1.85. The molecule has 0 radical (unpaired) electrons. The molecule has 0 aromatic heterocycles. The van der Waals surface area contributed by atoms with Crippen LogP contribution in [0.15, 0.2) is 11.8 Å². The van der Waals surface area contributed by atoms with Crippen LogP contribution in [0, 0.1) is 16.7 Å². The molecule has 2 aliphatic carbocycles. The van der Waals surface area contributed by atoms with Crippen molar-refractivity contribution in [2.75, 3.05) is 0 Å². The number of nitrogens with two attached hydrogens (primary N) is 1. The molecule has 2 aliphatic rings. The predicted octanol–water partition coefficient (Wildman–Crippen LogP) is 1.19. The molecule has 17 heavy (non-hydrogen) atoms. The highest BCUT2D eigenvalue weighted by Crippen LogP contribution is 2.56. The molecule has 1 fully saturated rings. The summed E-state index contributed by atoms with van der Waals surface area (Å²) in [6, 6.07) is 0. The van der Waals surface area contributed by atoms with E-state index >= 15 is 0 Å². The van der Waals surface area contributed by atoms with E-state index in [9.17, 15) is 19.8 Å². The van der Waals surface area contributed by atoms with Crippen LogP contribution in [-0.4, -0.2) is 22.2 Å². The summed E-state index contributed by atoms with van der Waals surface area (Å²) >= 11 is 0. The second kappa shape index (κ2) is 3.48. The Morgan fingerprint density at radius 3 is 2.35 bits per heavy atom. The molecule has 2 unspecified atom stereocenters. The molecule has 0 heterocycles. The van der Waals surface area contributed by atoms with E-state index in [2.05, 4.69) is 0 Å². The largest absolute Gasteiger partial charge is 0.481 e. The van der Waals surface area contributed by atoms with Gasteiger partial charge in [-0.3, -0.25) is 9.59 Å². The van der Waals surface area contributed by atoms with Crippen LogP contribution >= 0.6 is 0 Å². The van der Waals surface area contributed by atoms with Crippen LogP contribution in [0.1, 0.15) is 32.6 Å². The average molecular weight is 239 g/mol. The van der Waals surface area contributed by atoms with Gasteiger partial charge in [-0.2, -0.15) is 0 Å². The lowest BCUT2D eigenvalue weighted by atomic mass is 9.63. The Balaban J connectivity index is 2.42. The Hall–Kier alpha value is -1.52. The fraction of sp³-hybridized carbons (Fsp3) is 0.667. The molecule has 4 N–H and O–H groups in total. The Bertz CT molecular complexity index is 413. The highest BCUT2D eigenvalue weighted by Gasteiger charge is 2.57. The fourth-order valence-corrected chi connectivity index (χ4v) is 2.98. The van der Waals surface area contributed by atoms with Gasteiger partial charge in [0, 0.05) is 12.1 Å². The molecular weight excluding hydrogens is 222 g/mol. The van der Waals surface area contributed by atoms with E-state index < -0.39 is 22.8 Å². The van der Waals surface area contributed by atoms with Crippen LogP contribution < -0.4 is 5.73 Å². The van der Waals surface area contributed by atoms with E-state index in [-0.39, 0.29) is 18.8 Å². The third kappa shape index (κ3) is 1.79. The van der Waals surface area contributed by atoms with Crippen molar-refractivity contribution < 1.29 is 19.8 Å². The lowest BCUT2D eigenvalue weighted by molar-refractivity contribution is -0.157. The van der Waals surface area contributed by atoms with Crippen LogP contribution in [0.3, 0.4) is 0 Å². The number of hydrogen-bond donors (Lipinski definition) is 3. The van der Waals surface area contributed by atoms with Crippen LogP contribution in [-0.2, 0) is 9.59 Å². The quantitative estimate of drug-likeness (QED) is 0.687. The first-order chi connectivity index (χ1) is 7.80. The summed E-state index contributed by atoms with van der Waals surface area (Å²) in [6.45, 7) is 1.54. The maximum absolute atomic E-state index is 11.5. The van der Waals surface area contributed by atoms with E-state index in [0.717, 1.165) is 12.8 Å². The van der Waals surface area contributed by atoms with E-state index in [0.29, 0.717) is 5.70 Å². The second-order valence-corrected chi connectivity index (χ2v) is 5.53. The van der Waals surface area contributed by atoms with Crippen molar-refractivity contribution in [3.63, 3.8) is 0 Å². The van der Waals surface area contributed by atoms with Crippen LogP contribution in [0.5, 0.6) is 0 Å². The smallest absolute Gasteiger partial charge is 0.313 e.